The van der Waals surface area contributed by atoms with Crippen LogP contribution in [0.4, 0.5) is 0 Å². The first-order valence-corrected chi connectivity index (χ1v) is 11.3. The largest absolute Gasteiger partial charge is 0.483 e. The Morgan fingerprint density at radius 1 is 0.971 bits per heavy atom. The van der Waals surface area contributed by atoms with Crippen LogP contribution in [0.5, 0.6) is 5.75 Å². The number of aldehydes is 1. The Morgan fingerprint density at radius 3 is 2.50 bits per heavy atom. The third kappa shape index (κ3) is 4.43. The average molecular weight is 469 g/mol. The highest BCUT2D eigenvalue weighted by molar-refractivity contribution is 6.30. The summed E-state index contributed by atoms with van der Waals surface area (Å²) in [6, 6.07) is 28.3. The minimum atomic E-state index is -0.295. The fourth-order valence-electron chi connectivity index (χ4n) is 4.14. The number of nitrogens with zero attached hydrogens (tertiary/aromatic N) is 2. The van der Waals surface area contributed by atoms with Crippen LogP contribution < -0.4 is 4.74 Å². The third-order valence-electron chi connectivity index (χ3n) is 5.90. The Balaban J connectivity index is 1.44. The van der Waals surface area contributed by atoms with E-state index in [-0.39, 0.29) is 18.6 Å². The molecule has 0 aromatic heterocycles. The number of para-hydroxylation sites is 1. The van der Waals surface area contributed by atoms with E-state index in [0.717, 1.165) is 27.6 Å². The monoisotopic (exact) mass is 468 g/mol. The summed E-state index contributed by atoms with van der Waals surface area (Å²) in [7, 11) is 0. The predicted molar refractivity (Wildman–Crippen MR) is 133 cm³/mol. The lowest BCUT2D eigenvalue weighted by Crippen LogP contribution is -2.31. The molecule has 34 heavy (non-hydrogen) atoms. The highest BCUT2D eigenvalue weighted by Gasteiger charge is 2.33. The van der Waals surface area contributed by atoms with Crippen molar-refractivity contribution >= 4 is 40.3 Å². The van der Waals surface area contributed by atoms with Gasteiger partial charge in [-0.25, -0.2) is 5.01 Å². The van der Waals surface area contributed by atoms with Gasteiger partial charge in [-0.1, -0.05) is 72.3 Å². The highest BCUT2D eigenvalue weighted by atomic mass is 35.5. The van der Waals surface area contributed by atoms with Crippen LogP contribution >= 0.6 is 11.6 Å². The average Bonchev–Trinajstić information content (AvgIpc) is 3.33. The summed E-state index contributed by atoms with van der Waals surface area (Å²) >= 11 is 6.09. The topological polar surface area (TPSA) is 59.0 Å². The van der Waals surface area contributed by atoms with Gasteiger partial charge in [-0.15, -0.1) is 0 Å². The summed E-state index contributed by atoms with van der Waals surface area (Å²) in [5, 5.41) is 9.09. The van der Waals surface area contributed by atoms with Crippen molar-refractivity contribution in [3.05, 3.63) is 113 Å². The van der Waals surface area contributed by atoms with Crippen molar-refractivity contribution in [2.45, 2.75) is 12.5 Å². The number of hydrogen-bond acceptors (Lipinski definition) is 4. The second-order valence-corrected chi connectivity index (χ2v) is 8.50. The highest BCUT2D eigenvalue weighted by Crippen LogP contribution is 2.34. The molecule has 1 atom stereocenters. The lowest BCUT2D eigenvalue weighted by molar-refractivity contribution is -0.135. The van der Waals surface area contributed by atoms with Crippen molar-refractivity contribution in [1.29, 1.82) is 0 Å². The molecule has 168 valence electrons. The van der Waals surface area contributed by atoms with Crippen molar-refractivity contribution in [1.82, 2.24) is 5.01 Å². The SMILES string of the molecule is O=Cc1ccccc1OCC(=O)N1N=C(c2ccc3ccccc3c2)CC1c1ccc(Cl)cc1. The van der Waals surface area contributed by atoms with E-state index in [1.807, 2.05) is 42.5 Å². The molecule has 0 saturated carbocycles. The van der Waals surface area contributed by atoms with Crippen molar-refractivity contribution in [2.75, 3.05) is 6.61 Å². The van der Waals surface area contributed by atoms with Gasteiger partial charge in [-0.05, 0) is 52.2 Å². The number of halogens is 1. The number of hydrogen-bond donors (Lipinski definition) is 0. The summed E-state index contributed by atoms with van der Waals surface area (Å²) in [5.41, 5.74) is 3.13. The molecular formula is C28H21ClN2O3. The number of rotatable bonds is 6. The number of amides is 1. The van der Waals surface area contributed by atoms with Gasteiger partial charge in [0.2, 0.25) is 0 Å². The number of hydrazone groups is 1. The van der Waals surface area contributed by atoms with Crippen molar-refractivity contribution in [3.8, 4) is 5.75 Å². The Bertz CT molecular complexity index is 1400. The molecule has 0 spiro atoms. The van der Waals surface area contributed by atoms with Crippen molar-refractivity contribution < 1.29 is 14.3 Å². The fraction of sp³-hybridized carbons (Fsp3) is 0.107. The maximum Gasteiger partial charge on any atom is 0.281 e. The van der Waals surface area contributed by atoms with Gasteiger partial charge in [0.25, 0.3) is 5.91 Å². The Morgan fingerprint density at radius 2 is 1.71 bits per heavy atom. The summed E-state index contributed by atoms with van der Waals surface area (Å²) in [4.78, 5) is 24.5. The second kappa shape index (κ2) is 9.49. The van der Waals surface area contributed by atoms with E-state index in [2.05, 4.69) is 24.3 Å². The van der Waals surface area contributed by atoms with E-state index in [9.17, 15) is 9.59 Å². The summed E-state index contributed by atoms with van der Waals surface area (Å²) in [5.74, 6) is 0.0725. The number of carbonyl (C=O) groups is 2. The van der Waals surface area contributed by atoms with E-state index < -0.39 is 0 Å². The molecular weight excluding hydrogens is 448 g/mol. The molecule has 1 aliphatic rings. The molecule has 4 aromatic carbocycles. The van der Waals surface area contributed by atoms with Gasteiger partial charge in [0, 0.05) is 11.4 Å². The number of benzene rings is 4. The molecule has 1 amide bonds. The number of fused-ring (bicyclic) bond motifs is 1. The van der Waals surface area contributed by atoms with E-state index >= 15 is 0 Å². The Kier molecular flexibility index (Phi) is 6.11. The molecule has 5 nitrogen and oxygen atoms in total. The molecule has 0 radical (unpaired) electrons. The van der Waals surface area contributed by atoms with Crippen molar-refractivity contribution in [3.63, 3.8) is 0 Å². The van der Waals surface area contributed by atoms with Gasteiger partial charge >= 0.3 is 0 Å². The molecule has 5 rings (SSSR count). The first kappa shape index (κ1) is 21.9. The zero-order chi connectivity index (χ0) is 23.5. The van der Waals surface area contributed by atoms with Crippen LogP contribution in [0.25, 0.3) is 10.8 Å². The normalized spacial score (nSPS) is 15.3. The van der Waals surface area contributed by atoms with E-state index in [1.54, 1.807) is 24.3 Å². The van der Waals surface area contributed by atoms with E-state index in [1.165, 1.54) is 5.01 Å². The van der Waals surface area contributed by atoms with Crippen LogP contribution in [0.2, 0.25) is 5.02 Å². The molecule has 1 unspecified atom stereocenters. The van der Waals surface area contributed by atoms with Crippen LogP contribution in [-0.4, -0.2) is 29.5 Å². The summed E-state index contributed by atoms with van der Waals surface area (Å²) < 4.78 is 5.69. The van der Waals surface area contributed by atoms with Crippen LogP contribution in [-0.2, 0) is 4.79 Å². The molecule has 0 fully saturated rings. The summed E-state index contributed by atoms with van der Waals surface area (Å²) in [6.07, 6.45) is 1.28. The molecule has 0 aliphatic carbocycles. The first-order valence-electron chi connectivity index (χ1n) is 10.9. The first-order chi connectivity index (χ1) is 16.6. The van der Waals surface area contributed by atoms with Crippen LogP contribution in [0.1, 0.15) is 33.9 Å². The Hall–Kier alpha value is -3.96. The maximum atomic E-state index is 13.2. The zero-order valence-corrected chi connectivity index (χ0v) is 19.0. The van der Waals surface area contributed by atoms with Gasteiger partial charge in [-0.2, -0.15) is 5.10 Å². The van der Waals surface area contributed by atoms with Crippen LogP contribution in [0, 0.1) is 0 Å². The quantitative estimate of drug-likeness (QED) is 0.323. The van der Waals surface area contributed by atoms with Gasteiger partial charge in [0.15, 0.2) is 12.9 Å². The fourth-order valence-corrected chi connectivity index (χ4v) is 4.27. The molecule has 0 saturated heterocycles. The van der Waals surface area contributed by atoms with Crippen LogP contribution in [0.3, 0.4) is 0 Å². The molecule has 1 aliphatic heterocycles. The van der Waals surface area contributed by atoms with Gasteiger partial charge in [-0.3, -0.25) is 9.59 Å². The molecule has 0 N–H and O–H groups in total. The molecule has 0 bridgehead atoms. The summed E-state index contributed by atoms with van der Waals surface area (Å²) in [6.45, 7) is -0.233. The smallest absolute Gasteiger partial charge is 0.281 e. The van der Waals surface area contributed by atoms with E-state index in [0.29, 0.717) is 29.0 Å². The second-order valence-electron chi connectivity index (χ2n) is 8.06. The lowest BCUT2D eigenvalue weighted by Gasteiger charge is -2.22. The minimum absolute atomic E-state index is 0.233. The van der Waals surface area contributed by atoms with Gasteiger partial charge in [0.1, 0.15) is 5.75 Å². The predicted octanol–water partition coefficient (Wildman–Crippen LogP) is 6.06. The maximum absolute atomic E-state index is 13.2. The zero-order valence-electron chi connectivity index (χ0n) is 18.2. The molecule has 6 heteroatoms. The van der Waals surface area contributed by atoms with Crippen molar-refractivity contribution in [2.24, 2.45) is 5.10 Å². The molecule has 1 heterocycles. The van der Waals surface area contributed by atoms with Gasteiger partial charge in [0.05, 0.1) is 17.3 Å². The Labute approximate surface area is 202 Å². The third-order valence-corrected chi connectivity index (χ3v) is 6.15. The van der Waals surface area contributed by atoms with Gasteiger partial charge < -0.3 is 4.74 Å². The minimum Gasteiger partial charge on any atom is -0.483 e. The van der Waals surface area contributed by atoms with Crippen LogP contribution in [0.15, 0.2) is 96.1 Å². The number of carbonyl (C=O) groups excluding carboxylic acids is 2. The van der Waals surface area contributed by atoms with E-state index in [4.69, 9.17) is 21.4 Å². The lowest BCUT2D eigenvalue weighted by atomic mass is 9.97. The number of ether oxygens (including phenoxy) is 1. The molecule has 4 aromatic rings. The standard InChI is InChI=1S/C28H21ClN2O3/c29-24-13-11-20(12-14-24)26-16-25(22-10-9-19-5-1-2-6-21(19)15-22)30-31(26)28(33)18-34-27-8-4-3-7-23(27)17-32/h1-15,17,26H,16,18H2.